The molecule has 1 unspecified atom stereocenters. The summed E-state index contributed by atoms with van der Waals surface area (Å²) in [6.45, 7) is 1.02. The third kappa shape index (κ3) is 3.63. The second kappa shape index (κ2) is 5.65. The summed E-state index contributed by atoms with van der Waals surface area (Å²) < 4.78 is 0. The summed E-state index contributed by atoms with van der Waals surface area (Å²) in [5.41, 5.74) is 0. The summed E-state index contributed by atoms with van der Waals surface area (Å²) in [5.74, 6) is 1.32. The van der Waals surface area contributed by atoms with Gasteiger partial charge in [-0.1, -0.05) is 6.42 Å². The first-order chi connectivity index (χ1) is 5.83. The molecule has 1 aliphatic rings. The van der Waals surface area contributed by atoms with Gasteiger partial charge in [0, 0.05) is 18.8 Å². The molecule has 0 saturated carbocycles. The van der Waals surface area contributed by atoms with Crippen LogP contribution >= 0.6 is 24.0 Å². The molecular formula is C8H16N2S2. The highest BCUT2D eigenvalue weighted by atomic mass is 32.2. The molecule has 4 heteroatoms. The molecule has 2 N–H and O–H groups in total. The molecule has 0 aromatic carbocycles. The Morgan fingerprint density at radius 2 is 2.42 bits per heavy atom. The summed E-state index contributed by atoms with van der Waals surface area (Å²) in [7, 11) is 1.85. The Bertz CT molecular complexity index is 144. The number of thiocarbonyl (C=S) groups is 1. The van der Waals surface area contributed by atoms with E-state index in [2.05, 4.69) is 22.4 Å². The molecule has 70 valence electrons. The van der Waals surface area contributed by atoms with Crippen molar-refractivity contribution in [1.82, 2.24) is 10.6 Å². The number of hydrogen-bond acceptors (Lipinski definition) is 2. The van der Waals surface area contributed by atoms with Crippen LogP contribution in [-0.4, -0.2) is 29.7 Å². The van der Waals surface area contributed by atoms with Crippen molar-refractivity contribution in [1.29, 1.82) is 0 Å². The van der Waals surface area contributed by atoms with Crippen LogP contribution in [0.25, 0.3) is 0 Å². The molecule has 1 atom stereocenters. The Balaban J connectivity index is 2.09. The van der Waals surface area contributed by atoms with Gasteiger partial charge in [-0.25, -0.2) is 0 Å². The summed E-state index contributed by atoms with van der Waals surface area (Å²) >= 11 is 7.06. The maximum atomic E-state index is 4.99. The van der Waals surface area contributed by atoms with Crippen LogP contribution in [0.3, 0.4) is 0 Å². The minimum absolute atomic E-state index is 0.765. The first kappa shape index (κ1) is 10.1. The van der Waals surface area contributed by atoms with E-state index < -0.39 is 0 Å². The molecule has 0 amide bonds. The highest BCUT2D eigenvalue weighted by molar-refractivity contribution is 7.99. The number of nitrogens with one attached hydrogen (secondary N) is 2. The molecule has 0 radical (unpaired) electrons. The van der Waals surface area contributed by atoms with Crippen LogP contribution in [0, 0.1) is 0 Å². The first-order valence-electron chi connectivity index (χ1n) is 4.40. The van der Waals surface area contributed by atoms with Gasteiger partial charge in [0.1, 0.15) is 0 Å². The minimum Gasteiger partial charge on any atom is -0.366 e. The number of hydrogen-bond donors (Lipinski definition) is 2. The lowest BCUT2D eigenvalue weighted by molar-refractivity contribution is 0.648. The standard InChI is InChI=1S/C8H16N2S2/c1-9-8(11)10-6-7-4-2-3-5-12-7/h7H,2-6H2,1H3,(H2,9,10,11). The summed E-state index contributed by atoms with van der Waals surface area (Å²) in [6, 6.07) is 0. The van der Waals surface area contributed by atoms with Gasteiger partial charge in [0.05, 0.1) is 0 Å². The van der Waals surface area contributed by atoms with Gasteiger partial charge in [-0.3, -0.25) is 0 Å². The third-order valence-corrected chi connectivity index (χ3v) is 3.74. The molecular weight excluding hydrogens is 188 g/mol. The van der Waals surface area contributed by atoms with Crippen LogP contribution in [0.15, 0.2) is 0 Å². The fourth-order valence-electron chi connectivity index (χ4n) is 1.26. The van der Waals surface area contributed by atoms with Gasteiger partial charge in [-0.15, -0.1) is 0 Å². The van der Waals surface area contributed by atoms with E-state index >= 15 is 0 Å². The van der Waals surface area contributed by atoms with Gasteiger partial charge >= 0.3 is 0 Å². The van der Waals surface area contributed by atoms with Crippen LogP contribution in [0.4, 0.5) is 0 Å². The van der Waals surface area contributed by atoms with Crippen LogP contribution < -0.4 is 10.6 Å². The summed E-state index contributed by atoms with van der Waals surface area (Å²) in [6.07, 6.45) is 4.10. The molecule has 0 bridgehead atoms. The molecule has 1 heterocycles. The Morgan fingerprint density at radius 3 is 3.00 bits per heavy atom. The van der Waals surface area contributed by atoms with E-state index in [1.807, 2.05) is 7.05 Å². The predicted molar refractivity (Wildman–Crippen MR) is 59.8 cm³/mol. The quantitative estimate of drug-likeness (QED) is 0.663. The number of rotatable bonds is 2. The second-order valence-corrected chi connectivity index (χ2v) is 4.77. The molecule has 1 saturated heterocycles. The average Bonchev–Trinajstić information content (AvgIpc) is 2.16. The Labute approximate surface area is 83.9 Å². The fourth-order valence-corrected chi connectivity index (χ4v) is 2.59. The lowest BCUT2D eigenvalue weighted by Gasteiger charge is -2.21. The van der Waals surface area contributed by atoms with Crippen molar-refractivity contribution in [2.24, 2.45) is 0 Å². The molecule has 1 rings (SSSR count). The number of thioether (sulfide) groups is 1. The molecule has 0 aliphatic carbocycles. The van der Waals surface area contributed by atoms with Crippen LogP contribution in [0.2, 0.25) is 0 Å². The second-order valence-electron chi connectivity index (χ2n) is 2.95. The lowest BCUT2D eigenvalue weighted by Crippen LogP contribution is -2.37. The molecule has 0 spiro atoms. The van der Waals surface area contributed by atoms with E-state index in [1.165, 1.54) is 25.0 Å². The monoisotopic (exact) mass is 204 g/mol. The Kier molecular flexibility index (Phi) is 4.76. The van der Waals surface area contributed by atoms with Gasteiger partial charge in [-0.05, 0) is 30.8 Å². The largest absolute Gasteiger partial charge is 0.366 e. The van der Waals surface area contributed by atoms with E-state index in [-0.39, 0.29) is 0 Å². The van der Waals surface area contributed by atoms with Crippen molar-refractivity contribution in [2.75, 3.05) is 19.3 Å². The van der Waals surface area contributed by atoms with Gasteiger partial charge in [-0.2, -0.15) is 11.8 Å². The summed E-state index contributed by atoms with van der Waals surface area (Å²) in [5, 5.41) is 7.65. The van der Waals surface area contributed by atoms with Gasteiger partial charge < -0.3 is 10.6 Å². The SMILES string of the molecule is CNC(=S)NCC1CCCCS1. The van der Waals surface area contributed by atoms with Crippen LogP contribution in [-0.2, 0) is 0 Å². The van der Waals surface area contributed by atoms with Crippen molar-refractivity contribution in [3.8, 4) is 0 Å². The Morgan fingerprint density at radius 1 is 1.58 bits per heavy atom. The van der Waals surface area contributed by atoms with Crippen molar-refractivity contribution in [3.05, 3.63) is 0 Å². The zero-order valence-corrected chi connectivity index (χ0v) is 9.06. The van der Waals surface area contributed by atoms with Gasteiger partial charge in [0.25, 0.3) is 0 Å². The van der Waals surface area contributed by atoms with Crippen LogP contribution in [0.1, 0.15) is 19.3 Å². The zero-order valence-electron chi connectivity index (χ0n) is 7.43. The highest BCUT2D eigenvalue weighted by Crippen LogP contribution is 2.24. The van der Waals surface area contributed by atoms with E-state index in [9.17, 15) is 0 Å². The summed E-state index contributed by atoms with van der Waals surface area (Å²) in [4.78, 5) is 0. The molecule has 0 aromatic rings. The lowest BCUT2D eigenvalue weighted by atomic mass is 10.2. The van der Waals surface area contributed by atoms with E-state index in [1.54, 1.807) is 0 Å². The zero-order chi connectivity index (χ0) is 8.81. The smallest absolute Gasteiger partial charge is 0.166 e. The van der Waals surface area contributed by atoms with Crippen molar-refractivity contribution < 1.29 is 0 Å². The van der Waals surface area contributed by atoms with Crippen molar-refractivity contribution in [3.63, 3.8) is 0 Å². The van der Waals surface area contributed by atoms with Gasteiger partial charge in [0.15, 0.2) is 5.11 Å². The van der Waals surface area contributed by atoms with E-state index in [4.69, 9.17) is 12.2 Å². The topological polar surface area (TPSA) is 24.1 Å². The maximum absolute atomic E-state index is 4.99. The van der Waals surface area contributed by atoms with E-state index in [0.717, 1.165) is 16.9 Å². The van der Waals surface area contributed by atoms with Crippen molar-refractivity contribution in [2.45, 2.75) is 24.5 Å². The first-order valence-corrected chi connectivity index (χ1v) is 5.86. The van der Waals surface area contributed by atoms with E-state index in [0.29, 0.717) is 0 Å². The van der Waals surface area contributed by atoms with Gasteiger partial charge in [0.2, 0.25) is 0 Å². The van der Waals surface area contributed by atoms with Crippen LogP contribution in [0.5, 0.6) is 0 Å². The molecule has 0 aromatic heterocycles. The minimum atomic E-state index is 0.765. The maximum Gasteiger partial charge on any atom is 0.166 e. The molecule has 2 nitrogen and oxygen atoms in total. The van der Waals surface area contributed by atoms with Crippen molar-refractivity contribution >= 4 is 29.1 Å². The molecule has 1 aliphatic heterocycles. The molecule has 1 fully saturated rings. The fraction of sp³-hybridized carbons (Fsp3) is 0.875. The average molecular weight is 204 g/mol. The highest BCUT2D eigenvalue weighted by Gasteiger charge is 2.13. The Hall–Kier alpha value is 0.0400. The normalized spacial score (nSPS) is 23.2. The third-order valence-electron chi connectivity index (χ3n) is 1.99. The predicted octanol–water partition coefficient (Wildman–Crippen LogP) is 1.37. The molecule has 12 heavy (non-hydrogen) atoms.